The molecule has 6 heteroatoms. The molecule has 0 saturated heterocycles. The van der Waals surface area contributed by atoms with Gasteiger partial charge in [0.15, 0.2) is 0 Å². The largest absolute Gasteiger partial charge is 0.466 e. The number of esters is 1. The number of hydrogen-bond acceptors (Lipinski definition) is 3. The maximum Gasteiger partial charge on any atom is 0.440 e. The van der Waals surface area contributed by atoms with Crippen LogP contribution in [0.5, 0.6) is 0 Å². The van der Waals surface area contributed by atoms with E-state index in [4.69, 9.17) is 5.11 Å². The van der Waals surface area contributed by atoms with Crippen LogP contribution in [0.3, 0.4) is 0 Å². The Balaban J connectivity index is 4.94. The van der Waals surface area contributed by atoms with Crippen LogP contribution in [-0.2, 0) is 9.53 Å². The summed E-state index contributed by atoms with van der Waals surface area (Å²) in [6, 6.07) is 0. The highest BCUT2D eigenvalue weighted by Crippen LogP contribution is 2.30. The van der Waals surface area contributed by atoms with Gasteiger partial charge in [-0.05, 0) is 12.3 Å². The lowest BCUT2D eigenvalue weighted by Gasteiger charge is -2.21. The van der Waals surface area contributed by atoms with E-state index in [0.717, 1.165) is 13.5 Å². The van der Waals surface area contributed by atoms with Gasteiger partial charge in [0, 0.05) is 6.42 Å². The van der Waals surface area contributed by atoms with Crippen molar-refractivity contribution in [1.29, 1.82) is 0 Å². The summed E-state index contributed by atoms with van der Waals surface area (Å²) >= 11 is 0. The molecule has 0 aromatic rings. The van der Waals surface area contributed by atoms with Crippen molar-refractivity contribution in [2.45, 2.75) is 38.0 Å². The molecule has 0 amide bonds. The summed E-state index contributed by atoms with van der Waals surface area (Å²) in [5.41, 5.74) is -3.73. The minimum Gasteiger partial charge on any atom is -0.466 e. The average molecular weight is 238 g/mol. The van der Waals surface area contributed by atoms with Crippen LogP contribution in [0.1, 0.15) is 26.2 Å². The molecule has 1 N–H and O–H groups in total. The molecule has 0 aliphatic heterocycles. The summed E-state index contributed by atoms with van der Waals surface area (Å²) in [6.45, 7) is 1.85. The van der Waals surface area contributed by atoms with Gasteiger partial charge in [0.05, 0.1) is 7.11 Å². The minimum atomic E-state index is -5.17. The van der Waals surface area contributed by atoms with Gasteiger partial charge in [0.25, 0.3) is 0 Å². The first kappa shape index (κ1) is 14.8. The number of alkyl halides is 3. The number of carbonyl (C=O) groups excluding carboxylic acids is 1. The van der Waals surface area contributed by atoms with E-state index in [1.54, 1.807) is 0 Å². The highest BCUT2D eigenvalue weighted by molar-refractivity contribution is 5.84. The molecule has 0 heterocycles. The Morgan fingerprint density at radius 1 is 1.44 bits per heavy atom. The second kappa shape index (κ2) is 5.75. The average Bonchev–Trinajstić information content (AvgIpc) is 2.21. The quantitative estimate of drug-likeness (QED) is 0.462. The van der Waals surface area contributed by atoms with Gasteiger partial charge in [-0.3, -0.25) is 0 Å². The molecule has 0 aliphatic rings. The van der Waals surface area contributed by atoms with Crippen LogP contribution < -0.4 is 0 Å². The van der Waals surface area contributed by atoms with Crippen molar-refractivity contribution in [2.24, 2.45) is 0 Å². The van der Waals surface area contributed by atoms with Gasteiger partial charge >= 0.3 is 17.7 Å². The number of hydrogen-bond donors (Lipinski definition) is 1. The SMILES string of the molecule is CCCCC#CC(O)(C(=O)OC)C(F)(F)F. The molecule has 0 aliphatic carbocycles. The van der Waals surface area contributed by atoms with Crippen LogP contribution in [0.25, 0.3) is 0 Å². The summed E-state index contributed by atoms with van der Waals surface area (Å²) in [5, 5.41) is 9.14. The second-order valence-corrected chi connectivity index (χ2v) is 3.11. The molecule has 0 aromatic carbocycles. The third-order valence-electron chi connectivity index (χ3n) is 1.82. The van der Waals surface area contributed by atoms with Crippen LogP contribution in [0, 0.1) is 11.8 Å². The molecule has 16 heavy (non-hydrogen) atoms. The van der Waals surface area contributed by atoms with Crippen LogP contribution in [0.4, 0.5) is 13.2 Å². The van der Waals surface area contributed by atoms with E-state index in [-0.39, 0.29) is 6.42 Å². The van der Waals surface area contributed by atoms with Crippen molar-refractivity contribution < 1.29 is 27.8 Å². The van der Waals surface area contributed by atoms with E-state index in [2.05, 4.69) is 10.7 Å². The van der Waals surface area contributed by atoms with E-state index >= 15 is 0 Å². The van der Waals surface area contributed by atoms with E-state index in [1.807, 2.05) is 6.92 Å². The first-order valence-electron chi connectivity index (χ1n) is 4.67. The number of methoxy groups -OCH3 is 1. The normalized spacial score (nSPS) is 14.6. The molecule has 3 nitrogen and oxygen atoms in total. The van der Waals surface area contributed by atoms with E-state index in [1.165, 1.54) is 5.92 Å². The maximum atomic E-state index is 12.4. The number of unbranched alkanes of at least 4 members (excludes halogenated alkanes) is 2. The molecule has 0 fully saturated rings. The summed E-state index contributed by atoms with van der Waals surface area (Å²) in [4.78, 5) is 10.8. The molecule has 0 rings (SSSR count). The van der Waals surface area contributed by atoms with Crippen LogP contribution in [0.2, 0.25) is 0 Å². The van der Waals surface area contributed by atoms with Crippen LogP contribution >= 0.6 is 0 Å². The monoisotopic (exact) mass is 238 g/mol. The van der Waals surface area contributed by atoms with Crippen molar-refractivity contribution in [3.05, 3.63) is 0 Å². The van der Waals surface area contributed by atoms with Gasteiger partial charge in [-0.1, -0.05) is 19.3 Å². The molecular weight excluding hydrogens is 225 g/mol. The van der Waals surface area contributed by atoms with Crippen LogP contribution in [-0.4, -0.2) is 30.0 Å². The van der Waals surface area contributed by atoms with Crippen molar-refractivity contribution in [2.75, 3.05) is 7.11 Å². The Bertz CT molecular complexity index is 301. The lowest BCUT2D eigenvalue weighted by atomic mass is 10.0. The van der Waals surface area contributed by atoms with E-state index < -0.39 is 17.7 Å². The number of ether oxygens (including phenoxy) is 1. The maximum absolute atomic E-state index is 12.4. The number of carbonyl (C=O) groups is 1. The number of halogens is 3. The molecule has 0 aromatic heterocycles. The third-order valence-corrected chi connectivity index (χ3v) is 1.82. The van der Waals surface area contributed by atoms with Crippen molar-refractivity contribution in [3.63, 3.8) is 0 Å². The number of aliphatic hydroxyl groups is 1. The fourth-order valence-corrected chi connectivity index (χ4v) is 0.841. The Morgan fingerprint density at radius 2 is 2.00 bits per heavy atom. The second-order valence-electron chi connectivity index (χ2n) is 3.11. The molecule has 0 bridgehead atoms. The molecule has 1 atom stereocenters. The fraction of sp³-hybridized carbons (Fsp3) is 0.700. The summed E-state index contributed by atoms with van der Waals surface area (Å²) in [5.74, 6) is 1.84. The molecule has 0 spiro atoms. The Labute approximate surface area is 91.6 Å². The topological polar surface area (TPSA) is 46.5 Å². The molecule has 92 valence electrons. The molecule has 0 saturated carbocycles. The molecular formula is C10H13F3O3. The predicted octanol–water partition coefficient (Wildman–Crippen LogP) is 1.65. The summed E-state index contributed by atoms with van der Waals surface area (Å²) < 4.78 is 41.1. The highest BCUT2D eigenvalue weighted by Gasteiger charge is 2.60. The molecule has 1 unspecified atom stereocenters. The Morgan fingerprint density at radius 3 is 2.38 bits per heavy atom. The summed E-state index contributed by atoms with van der Waals surface area (Å²) in [6.07, 6.45) is -3.62. The minimum absolute atomic E-state index is 0.186. The third kappa shape index (κ3) is 3.42. The van der Waals surface area contributed by atoms with Crippen molar-refractivity contribution >= 4 is 5.97 Å². The molecule has 0 radical (unpaired) electrons. The Kier molecular flexibility index (Phi) is 5.31. The van der Waals surface area contributed by atoms with Gasteiger partial charge in [0.2, 0.25) is 0 Å². The van der Waals surface area contributed by atoms with Gasteiger partial charge in [-0.2, -0.15) is 13.2 Å². The zero-order chi connectivity index (χ0) is 12.8. The van der Waals surface area contributed by atoms with Gasteiger partial charge in [0.1, 0.15) is 0 Å². The van der Waals surface area contributed by atoms with Gasteiger partial charge < -0.3 is 9.84 Å². The lowest BCUT2D eigenvalue weighted by Crippen LogP contribution is -2.51. The smallest absolute Gasteiger partial charge is 0.440 e. The first-order chi connectivity index (χ1) is 7.29. The standard InChI is InChI=1S/C10H13F3O3/c1-3-4-5-6-7-9(15,8(14)16-2)10(11,12)13/h15H,3-5H2,1-2H3. The van der Waals surface area contributed by atoms with Gasteiger partial charge in [-0.25, -0.2) is 4.79 Å². The van der Waals surface area contributed by atoms with E-state index in [0.29, 0.717) is 6.42 Å². The highest BCUT2D eigenvalue weighted by atomic mass is 19.4. The number of rotatable bonds is 3. The predicted molar refractivity (Wildman–Crippen MR) is 50.3 cm³/mol. The van der Waals surface area contributed by atoms with Crippen molar-refractivity contribution in [1.82, 2.24) is 0 Å². The Hall–Kier alpha value is -1.22. The zero-order valence-electron chi connectivity index (χ0n) is 9.02. The van der Waals surface area contributed by atoms with Crippen LogP contribution in [0.15, 0.2) is 0 Å². The van der Waals surface area contributed by atoms with Gasteiger partial charge in [-0.15, -0.1) is 0 Å². The first-order valence-corrected chi connectivity index (χ1v) is 4.67. The fourth-order valence-electron chi connectivity index (χ4n) is 0.841. The van der Waals surface area contributed by atoms with Crippen molar-refractivity contribution in [3.8, 4) is 11.8 Å². The summed E-state index contributed by atoms with van der Waals surface area (Å²) in [7, 11) is 0.757. The van der Waals surface area contributed by atoms with E-state index in [9.17, 15) is 18.0 Å². The lowest BCUT2D eigenvalue weighted by molar-refractivity contribution is -0.241. The zero-order valence-corrected chi connectivity index (χ0v) is 9.02.